The number of fused-ring (bicyclic) bond motifs is 1. The third-order valence-electron chi connectivity index (χ3n) is 6.29. The van der Waals surface area contributed by atoms with Crippen LogP contribution in [0.25, 0.3) is 11.6 Å². The zero-order valence-corrected chi connectivity index (χ0v) is 27.8. The highest BCUT2D eigenvalue weighted by Crippen LogP contribution is 2.35. The Morgan fingerprint density at radius 3 is 2.29 bits per heavy atom. The number of pyridine rings is 1. The first-order valence-corrected chi connectivity index (χ1v) is 14.9. The van der Waals surface area contributed by atoms with E-state index >= 15 is 0 Å². The predicted octanol–water partition coefficient (Wildman–Crippen LogP) is 5.26. The normalized spacial score (nSPS) is 14.4. The summed E-state index contributed by atoms with van der Waals surface area (Å²) in [4.78, 5) is 61.2. The number of hydrogen-bond acceptors (Lipinski definition) is 9. The molecule has 45 heavy (non-hydrogen) atoms. The summed E-state index contributed by atoms with van der Waals surface area (Å²) in [6.45, 7) is 16.7. The monoisotopic (exact) mass is 627 g/mol. The van der Waals surface area contributed by atoms with Crippen LogP contribution >= 0.6 is 0 Å². The third-order valence-corrected chi connectivity index (χ3v) is 6.29. The van der Waals surface area contributed by atoms with Crippen LogP contribution in [-0.2, 0) is 19.0 Å². The van der Waals surface area contributed by atoms with E-state index in [1.54, 1.807) is 87.6 Å². The van der Waals surface area contributed by atoms with E-state index in [9.17, 15) is 19.2 Å². The molecule has 1 unspecified atom stereocenters. The smallest absolute Gasteiger partial charge is 0.410 e. The molecule has 2 aromatic heterocycles. The van der Waals surface area contributed by atoms with Gasteiger partial charge in [-0.2, -0.15) is 0 Å². The molecule has 1 atom stereocenters. The summed E-state index contributed by atoms with van der Waals surface area (Å²) in [5.41, 5.74) is 1.48. The molecule has 246 valence electrons. The molecule has 0 saturated heterocycles. The van der Waals surface area contributed by atoms with Gasteiger partial charge in [0.1, 0.15) is 17.3 Å². The Morgan fingerprint density at radius 1 is 1.02 bits per heavy atom. The number of carbonyl (C=O) groups is 4. The van der Waals surface area contributed by atoms with Crippen molar-refractivity contribution < 1.29 is 38.1 Å². The first-order chi connectivity index (χ1) is 20.9. The Labute approximate surface area is 264 Å². The minimum Gasteiger partial charge on any atom is -0.473 e. The molecule has 13 heteroatoms. The van der Waals surface area contributed by atoms with E-state index in [1.807, 2.05) is 0 Å². The summed E-state index contributed by atoms with van der Waals surface area (Å²) >= 11 is 0. The van der Waals surface area contributed by atoms with Crippen LogP contribution in [0, 0.1) is 6.92 Å². The summed E-state index contributed by atoms with van der Waals surface area (Å²) < 4.78 is 22.3. The van der Waals surface area contributed by atoms with Gasteiger partial charge in [-0.3, -0.25) is 4.79 Å². The fourth-order valence-corrected chi connectivity index (χ4v) is 4.36. The number of aromatic amines is 1. The highest BCUT2D eigenvalue weighted by atomic mass is 16.6. The van der Waals surface area contributed by atoms with Crippen molar-refractivity contribution in [3.8, 4) is 5.88 Å². The van der Waals surface area contributed by atoms with Crippen molar-refractivity contribution in [2.45, 2.75) is 79.6 Å². The lowest BCUT2D eigenvalue weighted by Gasteiger charge is -2.31. The van der Waals surface area contributed by atoms with Crippen LogP contribution in [0.2, 0.25) is 0 Å². The third kappa shape index (κ3) is 9.98. The summed E-state index contributed by atoms with van der Waals surface area (Å²) in [6.07, 6.45) is 1.47. The van der Waals surface area contributed by atoms with Gasteiger partial charge in [-0.15, -0.1) is 0 Å². The van der Waals surface area contributed by atoms with Gasteiger partial charge < -0.3 is 39.0 Å². The number of anilines is 1. The average molecular weight is 628 g/mol. The standard InChI is InChI=1S/C32H45N5O8/c1-11-42-28(39)23-14-19(2)34-24(23)15-22-21-16-26(33-17-25(21)35-27(22)38)43-20(3)18-37(30(41)45-32(7,8)9)13-12-36(10)29(40)44-31(4,5)6/h14-17,20,34H,11-13,18H2,1-10H3,(H,35,38)/b22-15-. The second-order valence-electron chi connectivity index (χ2n) is 12.8. The highest BCUT2D eigenvalue weighted by Gasteiger charge is 2.29. The zero-order valence-electron chi connectivity index (χ0n) is 27.8. The lowest BCUT2D eigenvalue weighted by molar-refractivity contribution is -0.110. The summed E-state index contributed by atoms with van der Waals surface area (Å²) in [7, 11) is 1.60. The van der Waals surface area contributed by atoms with Crippen LogP contribution in [0.5, 0.6) is 5.88 Å². The van der Waals surface area contributed by atoms with Crippen molar-refractivity contribution in [3.05, 3.63) is 40.8 Å². The minimum atomic E-state index is -0.731. The molecule has 0 aromatic carbocycles. The van der Waals surface area contributed by atoms with Gasteiger partial charge in [-0.25, -0.2) is 19.4 Å². The van der Waals surface area contributed by atoms with Crippen molar-refractivity contribution in [1.82, 2.24) is 19.8 Å². The van der Waals surface area contributed by atoms with Crippen LogP contribution in [0.15, 0.2) is 18.3 Å². The molecular formula is C32H45N5O8. The van der Waals surface area contributed by atoms with Gasteiger partial charge in [0.15, 0.2) is 0 Å². The molecule has 0 radical (unpaired) electrons. The molecule has 0 bridgehead atoms. The van der Waals surface area contributed by atoms with Gasteiger partial charge in [0.2, 0.25) is 5.88 Å². The van der Waals surface area contributed by atoms with Crippen molar-refractivity contribution >= 4 is 41.4 Å². The van der Waals surface area contributed by atoms with Crippen LogP contribution in [0.3, 0.4) is 0 Å². The van der Waals surface area contributed by atoms with Gasteiger partial charge in [0, 0.05) is 37.5 Å². The SMILES string of the molecule is CCOC(=O)c1cc(C)[nH]c1/C=C1\C(=O)Nc2cnc(OC(C)CN(CCN(C)C(=O)OC(C)(C)C)C(=O)OC(C)(C)C)cc21. The van der Waals surface area contributed by atoms with Gasteiger partial charge >= 0.3 is 18.2 Å². The van der Waals surface area contributed by atoms with Gasteiger partial charge in [0.05, 0.1) is 41.9 Å². The minimum absolute atomic E-state index is 0.125. The Kier molecular flexibility index (Phi) is 10.9. The lowest BCUT2D eigenvalue weighted by Crippen LogP contribution is -2.46. The number of aryl methyl sites for hydroxylation is 1. The molecule has 2 N–H and O–H groups in total. The summed E-state index contributed by atoms with van der Waals surface area (Å²) in [5.74, 6) is -0.622. The maximum Gasteiger partial charge on any atom is 0.410 e. The fourth-order valence-electron chi connectivity index (χ4n) is 4.36. The number of hydrogen-bond donors (Lipinski definition) is 2. The van der Waals surface area contributed by atoms with E-state index in [-0.39, 0.29) is 38.0 Å². The molecule has 0 fully saturated rings. The van der Waals surface area contributed by atoms with E-state index in [4.69, 9.17) is 18.9 Å². The molecule has 0 saturated carbocycles. The van der Waals surface area contributed by atoms with Crippen LogP contribution in [0.1, 0.15) is 82.7 Å². The summed E-state index contributed by atoms with van der Waals surface area (Å²) in [5, 5.41) is 2.78. The number of ether oxygens (including phenoxy) is 4. The maximum atomic E-state index is 13.1. The number of likely N-dealkylation sites (N-methyl/N-ethyl adjacent to an activating group) is 1. The fraction of sp³-hybridized carbons (Fsp3) is 0.531. The molecular weight excluding hydrogens is 582 g/mol. The van der Waals surface area contributed by atoms with E-state index in [1.165, 1.54) is 16.0 Å². The van der Waals surface area contributed by atoms with E-state index in [0.717, 1.165) is 5.69 Å². The van der Waals surface area contributed by atoms with Crippen molar-refractivity contribution in [1.29, 1.82) is 0 Å². The number of carbonyl (C=O) groups excluding carboxylic acids is 4. The van der Waals surface area contributed by atoms with Crippen molar-refractivity contribution in [2.75, 3.05) is 38.6 Å². The molecule has 0 aliphatic carbocycles. The topological polar surface area (TPSA) is 152 Å². The summed E-state index contributed by atoms with van der Waals surface area (Å²) in [6, 6.07) is 3.30. The Balaban J connectivity index is 1.79. The number of nitrogens with zero attached hydrogens (tertiary/aromatic N) is 3. The van der Waals surface area contributed by atoms with E-state index < -0.39 is 35.5 Å². The number of esters is 1. The Bertz CT molecular complexity index is 1450. The number of H-pyrrole nitrogens is 1. The molecule has 3 heterocycles. The van der Waals surface area contributed by atoms with Crippen LogP contribution in [-0.4, -0.2) is 94.4 Å². The molecule has 3 amide bonds. The first-order valence-electron chi connectivity index (χ1n) is 14.9. The molecule has 13 nitrogen and oxygen atoms in total. The second kappa shape index (κ2) is 14.0. The molecule has 1 aliphatic rings. The molecule has 0 spiro atoms. The number of aromatic nitrogens is 2. The second-order valence-corrected chi connectivity index (χ2v) is 12.8. The average Bonchev–Trinajstić information content (AvgIpc) is 3.43. The van der Waals surface area contributed by atoms with Gasteiger partial charge in [0.25, 0.3) is 5.91 Å². The molecule has 2 aromatic rings. The maximum absolute atomic E-state index is 13.1. The Morgan fingerprint density at radius 2 is 1.67 bits per heavy atom. The zero-order chi connectivity index (χ0) is 33.7. The van der Waals surface area contributed by atoms with Crippen molar-refractivity contribution in [3.63, 3.8) is 0 Å². The predicted molar refractivity (Wildman–Crippen MR) is 169 cm³/mol. The quantitative estimate of drug-likeness (QED) is 0.204. The first kappa shape index (κ1) is 34.9. The molecule has 1 aliphatic heterocycles. The Hall–Kier alpha value is -4.55. The number of rotatable bonds is 10. The number of nitrogens with one attached hydrogen (secondary N) is 2. The highest BCUT2D eigenvalue weighted by molar-refractivity contribution is 6.35. The van der Waals surface area contributed by atoms with Gasteiger partial charge in [-0.1, -0.05) is 0 Å². The largest absolute Gasteiger partial charge is 0.473 e. The van der Waals surface area contributed by atoms with E-state index in [0.29, 0.717) is 28.1 Å². The van der Waals surface area contributed by atoms with Crippen molar-refractivity contribution in [2.24, 2.45) is 0 Å². The number of amides is 3. The van der Waals surface area contributed by atoms with Crippen LogP contribution < -0.4 is 10.1 Å². The lowest BCUT2D eigenvalue weighted by atomic mass is 10.1. The van der Waals surface area contributed by atoms with E-state index in [2.05, 4.69) is 15.3 Å². The molecule has 3 rings (SSSR count). The van der Waals surface area contributed by atoms with Gasteiger partial charge in [-0.05, 0) is 74.5 Å². The van der Waals surface area contributed by atoms with Crippen LogP contribution in [0.4, 0.5) is 15.3 Å².